The molecule has 0 saturated heterocycles. The highest BCUT2D eigenvalue weighted by molar-refractivity contribution is 5.71. The number of carbonyl (C=O) groups is 3. The Hall–Kier alpha value is -3.41. The Morgan fingerprint density at radius 3 is 0.723 bits per heavy atom. The third-order valence-electron chi connectivity index (χ3n) is 15.9. The van der Waals surface area contributed by atoms with Crippen LogP contribution in [0.4, 0.5) is 0 Å². The summed E-state index contributed by atoms with van der Waals surface area (Å²) in [6.07, 6.45) is 95.3. The summed E-state index contributed by atoms with van der Waals surface area (Å²) in [7, 11) is 0. The lowest BCUT2D eigenvalue weighted by Gasteiger charge is -2.18. The average molecular weight is 1160 g/mol. The van der Waals surface area contributed by atoms with E-state index in [0.717, 1.165) is 89.9 Å². The SMILES string of the molecule is CC/C=C\C/C=C\C/C=C\C/C=C\C/C=C\C/C=C\C/C=C\CCCC(=O)OC(COC(=O)CCCCCCCCCC)COC(=O)CCCCCCCCCCCCCCCCCCCCCCCCCCCCCCCCCCCC. The Balaban J connectivity index is 4.09. The van der Waals surface area contributed by atoms with Crippen LogP contribution in [0, 0.1) is 0 Å². The van der Waals surface area contributed by atoms with E-state index in [1.807, 2.05) is 0 Å². The zero-order valence-electron chi connectivity index (χ0n) is 55.2. The first-order valence-electron chi connectivity index (χ1n) is 36.1. The summed E-state index contributed by atoms with van der Waals surface area (Å²) in [5.41, 5.74) is 0. The van der Waals surface area contributed by atoms with Gasteiger partial charge in [0.1, 0.15) is 13.2 Å². The van der Waals surface area contributed by atoms with Crippen molar-refractivity contribution in [2.75, 3.05) is 13.2 Å². The third-order valence-corrected chi connectivity index (χ3v) is 15.9. The number of hydrogen-bond acceptors (Lipinski definition) is 6. The van der Waals surface area contributed by atoms with Gasteiger partial charge in [0.2, 0.25) is 0 Å². The minimum absolute atomic E-state index is 0.0961. The van der Waals surface area contributed by atoms with Crippen LogP contribution in [0.25, 0.3) is 0 Å². The Kier molecular flexibility index (Phi) is 68.2. The zero-order valence-corrected chi connectivity index (χ0v) is 55.2. The zero-order chi connectivity index (χ0) is 59.9. The Morgan fingerprint density at radius 1 is 0.253 bits per heavy atom. The van der Waals surface area contributed by atoms with E-state index in [1.165, 1.54) is 231 Å². The van der Waals surface area contributed by atoms with Crippen LogP contribution < -0.4 is 0 Å². The van der Waals surface area contributed by atoms with E-state index in [0.29, 0.717) is 19.3 Å². The number of esters is 3. The summed E-state index contributed by atoms with van der Waals surface area (Å²) < 4.78 is 16.8. The Bertz CT molecular complexity index is 1570. The molecule has 0 spiro atoms. The molecule has 1 unspecified atom stereocenters. The number of carbonyl (C=O) groups excluding carboxylic acids is 3. The van der Waals surface area contributed by atoms with Crippen molar-refractivity contribution < 1.29 is 28.6 Å². The monoisotopic (exact) mass is 1160 g/mol. The van der Waals surface area contributed by atoms with Gasteiger partial charge in [-0.3, -0.25) is 14.4 Å². The van der Waals surface area contributed by atoms with E-state index in [4.69, 9.17) is 14.2 Å². The Morgan fingerprint density at radius 2 is 0.470 bits per heavy atom. The van der Waals surface area contributed by atoms with E-state index < -0.39 is 6.10 Å². The minimum atomic E-state index is -0.805. The molecule has 0 bridgehead atoms. The molecule has 1 atom stereocenters. The van der Waals surface area contributed by atoms with Crippen molar-refractivity contribution in [3.05, 3.63) is 85.1 Å². The van der Waals surface area contributed by atoms with Crippen LogP contribution >= 0.6 is 0 Å². The van der Waals surface area contributed by atoms with Crippen molar-refractivity contribution in [2.24, 2.45) is 0 Å². The van der Waals surface area contributed by atoms with Gasteiger partial charge in [-0.1, -0.05) is 363 Å². The Labute approximate surface area is 515 Å². The number of unbranched alkanes of at least 4 members (excludes halogenated alkanes) is 41. The fraction of sp³-hybridized carbons (Fsp3) is 0.779. The molecule has 0 N–H and O–H groups in total. The summed E-state index contributed by atoms with van der Waals surface area (Å²) in [5, 5.41) is 0. The molecular formula is C77H136O6. The van der Waals surface area contributed by atoms with Crippen LogP contribution in [0.3, 0.4) is 0 Å². The lowest BCUT2D eigenvalue weighted by atomic mass is 10.0. The molecule has 0 aliphatic heterocycles. The third kappa shape index (κ3) is 69.3. The van der Waals surface area contributed by atoms with Gasteiger partial charge < -0.3 is 14.2 Å². The minimum Gasteiger partial charge on any atom is -0.462 e. The van der Waals surface area contributed by atoms with Crippen molar-refractivity contribution in [2.45, 2.75) is 374 Å². The molecule has 0 rings (SSSR count). The van der Waals surface area contributed by atoms with Gasteiger partial charge in [-0.2, -0.15) is 0 Å². The van der Waals surface area contributed by atoms with Crippen LogP contribution in [-0.2, 0) is 28.6 Å². The fourth-order valence-corrected chi connectivity index (χ4v) is 10.6. The molecule has 0 aliphatic rings. The van der Waals surface area contributed by atoms with Crippen LogP contribution in [0.1, 0.15) is 367 Å². The molecule has 0 amide bonds. The van der Waals surface area contributed by atoms with Crippen molar-refractivity contribution in [3.63, 3.8) is 0 Å². The van der Waals surface area contributed by atoms with E-state index in [9.17, 15) is 14.4 Å². The number of ether oxygens (including phenoxy) is 3. The second-order valence-corrected chi connectivity index (χ2v) is 24.1. The molecule has 6 heteroatoms. The van der Waals surface area contributed by atoms with E-state index >= 15 is 0 Å². The molecule has 0 aromatic carbocycles. The summed E-state index contributed by atoms with van der Waals surface area (Å²) >= 11 is 0. The maximum Gasteiger partial charge on any atom is 0.306 e. The van der Waals surface area contributed by atoms with Gasteiger partial charge in [-0.15, -0.1) is 0 Å². The van der Waals surface area contributed by atoms with Gasteiger partial charge in [0.05, 0.1) is 0 Å². The van der Waals surface area contributed by atoms with Crippen LogP contribution in [0.15, 0.2) is 85.1 Å². The lowest BCUT2D eigenvalue weighted by molar-refractivity contribution is -0.167. The molecular weight excluding hydrogens is 1020 g/mol. The second kappa shape index (κ2) is 71.1. The molecule has 6 nitrogen and oxygen atoms in total. The standard InChI is InChI=1S/C77H136O6/c1-4-7-10-13-16-19-21-23-25-27-29-31-33-34-35-36-37-38-39-40-41-42-43-45-46-48-50-52-54-56-58-61-64-67-70-76(79)82-73-74(72-81-75(78)69-66-63-60-18-15-12-9-6-3)83-77(80)71-68-65-62-59-57-55-53-51-49-47-44-32-30-28-26-24-22-20-17-14-11-8-5-2/h8,11,17,20,24,26,30,32,47,49,53,55,59,62,74H,4-7,9-10,12-16,18-19,21-23,25,27-29,31,33-46,48,50-52,54,56-58,60-61,63-73H2,1-3H3/b11-8-,20-17-,26-24-,32-30-,49-47-,55-53-,62-59-. The normalized spacial score (nSPS) is 12.6. The van der Waals surface area contributed by atoms with E-state index in [2.05, 4.69) is 106 Å². The molecule has 0 saturated carbocycles. The lowest BCUT2D eigenvalue weighted by Crippen LogP contribution is -2.30. The number of rotatable bonds is 66. The molecule has 0 aliphatic carbocycles. The molecule has 0 aromatic rings. The first-order chi connectivity index (χ1) is 41.0. The smallest absolute Gasteiger partial charge is 0.306 e. The second-order valence-electron chi connectivity index (χ2n) is 24.1. The molecule has 0 heterocycles. The highest BCUT2D eigenvalue weighted by Gasteiger charge is 2.19. The molecule has 0 radical (unpaired) electrons. The van der Waals surface area contributed by atoms with Gasteiger partial charge in [0, 0.05) is 19.3 Å². The van der Waals surface area contributed by atoms with Crippen LogP contribution in [0.2, 0.25) is 0 Å². The van der Waals surface area contributed by atoms with Gasteiger partial charge in [-0.25, -0.2) is 0 Å². The largest absolute Gasteiger partial charge is 0.462 e. The van der Waals surface area contributed by atoms with Crippen molar-refractivity contribution in [1.29, 1.82) is 0 Å². The highest BCUT2D eigenvalue weighted by atomic mass is 16.6. The predicted molar refractivity (Wildman–Crippen MR) is 362 cm³/mol. The maximum absolute atomic E-state index is 12.9. The summed E-state index contributed by atoms with van der Waals surface area (Å²) in [6.45, 7) is 6.49. The molecule has 0 aromatic heterocycles. The van der Waals surface area contributed by atoms with Crippen LogP contribution in [-0.4, -0.2) is 37.2 Å². The van der Waals surface area contributed by atoms with Crippen molar-refractivity contribution in [1.82, 2.24) is 0 Å². The molecule has 480 valence electrons. The van der Waals surface area contributed by atoms with Crippen LogP contribution in [0.5, 0.6) is 0 Å². The van der Waals surface area contributed by atoms with E-state index in [1.54, 1.807) is 0 Å². The first kappa shape index (κ1) is 79.6. The number of hydrogen-bond donors (Lipinski definition) is 0. The quantitative estimate of drug-likeness (QED) is 0.0261. The van der Waals surface area contributed by atoms with Gasteiger partial charge in [-0.05, 0) is 70.6 Å². The maximum atomic E-state index is 12.9. The van der Waals surface area contributed by atoms with Gasteiger partial charge >= 0.3 is 17.9 Å². The summed E-state index contributed by atoms with van der Waals surface area (Å²) in [5.74, 6) is -0.946. The van der Waals surface area contributed by atoms with Crippen molar-refractivity contribution >= 4 is 17.9 Å². The topological polar surface area (TPSA) is 78.9 Å². The average Bonchev–Trinajstić information content (AvgIpc) is 3.49. The van der Waals surface area contributed by atoms with Gasteiger partial charge in [0.15, 0.2) is 6.10 Å². The molecule has 0 fully saturated rings. The molecule has 83 heavy (non-hydrogen) atoms. The fourth-order valence-electron chi connectivity index (χ4n) is 10.6. The first-order valence-corrected chi connectivity index (χ1v) is 36.1. The summed E-state index contributed by atoms with van der Waals surface area (Å²) in [6, 6.07) is 0. The summed E-state index contributed by atoms with van der Waals surface area (Å²) in [4.78, 5) is 38.2. The van der Waals surface area contributed by atoms with Crippen molar-refractivity contribution in [3.8, 4) is 0 Å². The van der Waals surface area contributed by atoms with Gasteiger partial charge in [0.25, 0.3) is 0 Å². The number of allylic oxidation sites excluding steroid dienone is 14. The highest BCUT2D eigenvalue weighted by Crippen LogP contribution is 2.18. The van der Waals surface area contributed by atoms with E-state index in [-0.39, 0.29) is 37.5 Å². The predicted octanol–water partition coefficient (Wildman–Crippen LogP) is 25.0.